The van der Waals surface area contributed by atoms with E-state index in [0.29, 0.717) is 10.6 Å². The van der Waals surface area contributed by atoms with Crippen molar-refractivity contribution in [3.8, 4) is 5.75 Å². The molecule has 0 amide bonds. The molecule has 0 unspecified atom stereocenters. The maximum atomic E-state index is 9.53. The quantitative estimate of drug-likeness (QED) is 0.851. The fourth-order valence-electron chi connectivity index (χ4n) is 1.84. The van der Waals surface area contributed by atoms with Gasteiger partial charge in [0, 0.05) is 29.4 Å². The molecule has 0 aromatic heterocycles. The molecule has 0 saturated carbocycles. The Balaban J connectivity index is 2.49. The summed E-state index contributed by atoms with van der Waals surface area (Å²) in [7, 11) is 1.87. The molecular weight excluding hydrogens is 280 g/mol. The number of phenolic OH excluding ortho intramolecular Hbond substituents is 1. The van der Waals surface area contributed by atoms with E-state index in [1.165, 1.54) is 0 Å². The van der Waals surface area contributed by atoms with Crippen LogP contribution in [0.3, 0.4) is 0 Å². The number of rotatable bonds is 3. The minimum Gasteiger partial charge on any atom is -0.508 e. The summed E-state index contributed by atoms with van der Waals surface area (Å²) in [4.78, 5) is 2.18. The number of hydrogen-bond donors (Lipinski definition) is 2. The van der Waals surface area contributed by atoms with E-state index in [1.807, 2.05) is 24.1 Å². The zero-order valence-corrected chi connectivity index (χ0v) is 11.9. The maximum Gasteiger partial charge on any atom is 0.117 e. The first kappa shape index (κ1) is 13.6. The van der Waals surface area contributed by atoms with E-state index >= 15 is 0 Å². The molecule has 0 aliphatic heterocycles. The smallest absolute Gasteiger partial charge is 0.117 e. The minimum atomic E-state index is 0.204. The molecule has 0 heterocycles. The first-order chi connectivity index (χ1) is 8.99. The number of nitrogens with zero attached hydrogens (tertiary/aromatic N) is 1. The summed E-state index contributed by atoms with van der Waals surface area (Å²) >= 11 is 11.0. The van der Waals surface area contributed by atoms with Crippen LogP contribution in [0.25, 0.3) is 0 Å². The summed E-state index contributed by atoms with van der Waals surface area (Å²) in [5.74, 6) is 0.204. The van der Waals surface area contributed by atoms with E-state index < -0.39 is 0 Å². The second-order valence-corrected chi connectivity index (χ2v) is 4.98. The lowest BCUT2D eigenvalue weighted by Gasteiger charge is -2.22. The van der Waals surface area contributed by atoms with Crippen molar-refractivity contribution in [1.82, 2.24) is 0 Å². The SMILES string of the molecule is CN(c1cccc(O)c1)c1ccc(Cl)cc1C(N)=S. The fourth-order valence-corrected chi connectivity index (χ4v) is 2.17. The van der Waals surface area contributed by atoms with Crippen molar-refractivity contribution in [1.29, 1.82) is 0 Å². The number of hydrogen-bond acceptors (Lipinski definition) is 3. The van der Waals surface area contributed by atoms with Crippen LogP contribution < -0.4 is 10.6 Å². The van der Waals surface area contributed by atoms with Gasteiger partial charge in [-0.05, 0) is 30.3 Å². The molecule has 3 nitrogen and oxygen atoms in total. The molecule has 0 saturated heterocycles. The van der Waals surface area contributed by atoms with Gasteiger partial charge >= 0.3 is 0 Å². The Morgan fingerprint density at radius 1 is 1.26 bits per heavy atom. The maximum absolute atomic E-state index is 9.53. The normalized spacial score (nSPS) is 10.2. The zero-order valence-electron chi connectivity index (χ0n) is 10.3. The Morgan fingerprint density at radius 3 is 2.63 bits per heavy atom. The highest BCUT2D eigenvalue weighted by Gasteiger charge is 2.12. The van der Waals surface area contributed by atoms with Crippen molar-refractivity contribution in [2.24, 2.45) is 5.73 Å². The number of benzene rings is 2. The lowest BCUT2D eigenvalue weighted by Crippen LogP contribution is -2.17. The largest absolute Gasteiger partial charge is 0.508 e. The Kier molecular flexibility index (Phi) is 3.93. The van der Waals surface area contributed by atoms with Gasteiger partial charge in [0.1, 0.15) is 10.7 Å². The third kappa shape index (κ3) is 2.97. The Hall–Kier alpha value is -1.78. The molecule has 0 atom stereocenters. The summed E-state index contributed by atoms with van der Waals surface area (Å²) < 4.78 is 0. The lowest BCUT2D eigenvalue weighted by atomic mass is 10.1. The van der Waals surface area contributed by atoms with Gasteiger partial charge in [0.2, 0.25) is 0 Å². The third-order valence-corrected chi connectivity index (χ3v) is 3.26. The monoisotopic (exact) mass is 292 g/mol. The van der Waals surface area contributed by atoms with E-state index in [2.05, 4.69) is 0 Å². The molecule has 19 heavy (non-hydrogen) atoms. The van der Waals surface area contributed by atoms with Crippen LogP contribution in [-0.2, 0) is 0 Å². The highest BCUT2D eigenvalue weighted by atomic mass is 35.5. The van der Waals surface area contributed by atoms with E-state index in [0.717, 1.165) is 11.4 Å². The van der Waals surface area contributed by atoms with Crippen LogP contribution in [0.1, 0.15) is 5.56 Å². The molecule has 2 rings (SSSR count). The summed E-state index contributed by atoms with van der Waals surface area (Å²) in [6, 6.07) is 12.3. The molecule has 0 aliphatic rings. The zero-order chi connectivity index (χ0) is 14.0. The number of aromatic hydroxyl groups is 1. The van der Waals surface area contributed by atoms with Crippen molar-refractivity contribution < 1.29 is 5.11 Å². The van der Waals surface area contributed by atoms with Gasteiger partial charge in [-0.1, -0.05) is 29.9 Å². The predicted octanol–water partition coefficient (Wildman–Crippen LogP) is 3.45. The van der Waals surface area contributed by atoms with Gasteiger partial charge in [-0.2, -0.15) is 0 Å². The molecular formula is C14H13ClN2OS. The van der Waals surface area contributed by atoms with Gasteiger partial charge in [0.15, 0.2) is 0 Å². The van der Waals surface area contributed by atoms with Crippen molar-refractivity contribution in [3.63, 3.8) is 0 Å². The van der Waals surface area contributed by atoms with Crippen LogP contribution in [0.15, 0.2) is 42.5 Å². The molecule has 2 aromatic rings. The molecule has 2 aromatic carbocycles. The number of anilines is 2. The molecule has 5 heteroatoms. The average molecular weight is 293 g/mol. The number of halogens is 1. The predicted molar refractivity (Wildman–Crippen MR) is 83.5 cm³/mol. The minimum absolute atomic E-state index is 0.204. The number of nitrogens with two attached hydrogens (primary N) is 1. The Morgan fingerprint density at radius 2 is 2.00 bits per heavy atom. The number of phenols is 1. The van der Waals surface area contributed by atoms with E-state index in [1.54, 1.807) is 30.3 Å². The van der Waals surface area contributed by atoms with Crippen LogP contribution in [0.5, 0.6) is 5.75 Å². The van der Waals surface area contributed by atoms with Crippen LogP contribution in [0.2, 0.25) is 5.02 Å². The van der Waals surface area contributed by atoms with Crippen LogP contribution >= 0.6 is 23.8 Å². The molecule has 0 radical (unpaired) electrons. The third-order valence-electron chi connectivity index (χ3n) is 2.80. The van der Waals surface area contributed by atoms with Crippen molar-refractivity contribution in [2.45, 2.75) is 0 Å². The molecule has 0 fully saturated rings. The van der Waals surface area contributed by atoms with Crippen LogP contribution in [0, 0.1) is 0 Å². The van der Waals surface area contributed by atoms with Crippen molar-refractivity contribution >= 4 is 40.2 Å². The van der Waals surface area contributed by atoms with E-state index in [9.17, 15) is 5.11 Å². The Bertz CT molecular complexity index is 631. The van der Waals surface area contributed by atoms with Gasteiger partial charge in [0.05, 0.1) is 5.69 Å². The second-order valence-electron chi connectivity index (χ2n) is 4.10. The molecule has 0 aliphatic carbocycles. The molecule has 0 spiro atoms. The topological polar surface area (TPSA) is 49.5 Å². The van der Waals surface area contributed by atoms with Gasteiger partial charge < -0.3 is 15.7 Å². The van der Waals surface area contributed by atoms with Gasteiger partial charge in [-0.15, -0.1) is 0 Å². The van der Waals surface area contributed by atoms with Crippen molar-refractivity contribution in [2.75, 3.05) is 11.9 Å². The summed E-state index contributed by atoms with van der Waals surface area (Å²) in [6.07, 6.45) is 0. The molecule has 98 valence electrons. The Labute approximate surface area is 122 Å². The van der Waals surface area contributed by atoms with E-state index in [-0.39, 0.29) is 10.7 Å². The lowest BCUT2D eigenvalue weighted by molar-refractivity contribution is 0.475. The summed E-state index contributed by atoms with van der Waals surface area (Å²) in [6.45, 7) is 0. The summed E-state index contributed by atoms with van der Waals surface area (Å²) in [5, 5.41) is 10.1. The van der Waals surface area contributed by atoms with Crippen molar-refractivity contribution in [3.05, 3.63) is 53.1 Å². The highest BCUT2D eigenvalue weighted by Crippen LogP contribution is 2.30. The second kappa shape index (κ2) is 5.47. The highest BCUT2D eigenvalue weighted by molar-refractivity contribution is 7.80. The van der Waals surface area contributed by atoms with Gasteiger partial charge in [-0.25, -0.2) is 0 Å². The fraction of sp³-hybridized carbons (Fsp3) is 0.0714. The van der Waals surface area contributed by atoms with Crippen LogP contribution in [-0.4, -0.2) is 17.1 Å². The standard InChI is InChI=1S/C14H13ClN2OS/c1-17(10-3-2-4-11(18)8-10)13-6-5-9(15)7-12(13)14(16)19/h2-8,18H,1H3,(H2,16,19). The van der Waals surface area contributed by atoms with Gasteiger partial charge in [-0.3, -0.25) is 0 Å². The average Bonchev–Trinajstić information content (AvgIpc) is 2.37. The first-order valence-corrected chi connectivity index (χ1v) is 6.40. The molecule has 3 N–H and O–H groups in total. The van der Waals surface area contributed by atoms with Crippen LogP contribution in [0.4, 0.5) is 11.4 Å². The van der Waals surface area contributed by atoms with E-state index in [4.69, 9.17) is 29.6 Å². The number of thiocarbonyl (C=S) groups is 1. The molecule has 0 bridgehead atoms. The van der Waals surface area contributed by atoms with Gasteiger partial charge in [0.25, 0.3) is 0 Å². The first-order valence-electron chi connectivity index (χ1n) is 5.61. The summed E-state index contributed by atoms with van der Waals surface area (Å²) in [5.41, 5.74) is 8.10.